The maximum atomic E-state index is 11.6. The summed E-state index contributed by atoms with van der Waals surface area (Å²) in [7, 11) is -1.65. The topological polar surface area (TPSA) is 37.4 Å². The minimum absolute atomic E-state index is 0.148. The molecule has 0 bridgehead atoms. The molecule has 5 heteroatoms. The number of hydrogen-bond donors (Lipinski definition) is 0. The van der Waals surface area contributed by atoms with E-state index in [0.717, 1.165) is 5.56 Å². The number of sulfonamides is 1. The maximum Gasteiger partial charge on any atom is 0.211 e. The van der Waals surface area contributed by atoms with Gasteiger partial charge in [0.2, 0.25) is 10.0 Å². The normalized spacial score (nSPS) is 14.3. The van der Waals surface area contributed by atoms with Crippen molar-refractivity contribution in [3.8, 4) is 0 Å². The largest absolute Gasteiger partial charge is 0.212 e. The van der Waals surface area contributed by atoms with E-state index in [1.807, 2.05) is 32.0 Å². The quantitative estimate of drug-likeness (QED) is 0.847. The fraction of sp³-hybridized carbons (Fsp3) is 0.500. The first-order valence-corrected chi connectivity index (χ1v) is 7.65. The van der Waals surface area contributed by atoms with Gasteiger partial charge in [-0.1, -0.05) is 43.6 Å². The third kappa shape index (κ3) is 3.44. The van der Waals surface area contributed by atoms with Gasteiger partial charge in [0.25, 0.3) is 0 Å². The Morgan fingerprint density at radius 2 is 1.76 bits per heavy atom. The molecule has 0 spiro atoms. The molecule has 0 unspecified atom stereocenters. The van der Waals surface area contributed by atoms with Crippen LogP contribution in [0, 0.1) is 5.92 Å². The van der Waals surface area contributed by atoms with Gasteiger partial charge in [-0.25, -0.2) is 8.42 Å². The standard InChI is InChI=1S/C12H18ClNO2S/c1-9(2)12(14(3)17(4,15)16)10-7-5-6-8-11(10)13/h5-9,12H,1-4H3/t12-/m1/s1. The molecule has 0 aliphatic carbocycles. The molecule has 1 aromatic carbocycles. The fourth-order valence-electron chi connectivity index (χ4n) is 1.90. The Hall–Kier alpha value is -0.580. The van der Waals surface area contributed by atoms with Gasteiger partial charge in [-0.05, 0) is 17.5 Å². The van der Waals surface area contributed by atoms with Crippen LogP contribution >= 0.6 is 11.6 Å². The first-order chi connectivity index (χ1) is 7.75. The molecule has 1 atom stereocenters. The molecule has 0 radical (unpaired) electrons. The van der Waals surface area contributed by atoms with E-state index in [2.05, 4.69) is 0 Å². The van der Waals surface area contributed by atoms with Crippen LogP contribution in [-0.4, -0.2) is 26.0 Å². The predicted octanol–water partition coefficient (Wildman–Crippen LogP) is 2.93. The zero-order valence-electron chi connectivity index (χ0n) is 10.5. The van der Waals surface area contributed by atoms with Crippen molar-refractivity contribution < 1.29 is 8.42 Å². The molecule has 3 nitrogen and oxygen atoms in total. The Balaban J connectivity index is 3.25. The Morgan fingerprint density at radius 1 is 1.24 bits per heavy atom. The summed E-state index contributed by atoms with van der Waals surface area (Å²) in [4.78, 5) is 0. The van der Waals surface area contributed by atoms with E-state index in [1.165, 1.54) is 10.6 Å². The van der Waals surface area contributed by atoms with Gasteiger partial charge in [0, 0.05) is 12.1 Å². The van der Waals surface area contributed by atoms with Crippen molar-refractivity contribution >= 4 is 21.6 Å². The molecule has 0 saturated heterocycles. The van der Waals surface area contributed by atoms with Gasteiger partial charge in [-0.2, -0.15) is 4.31 Å². The molecule has 0 amide bonds. The lowest BCUT2D eigenvalue weighted by molar-refractivity contribution is 0.302. The van der Waals surface area contributed by atoms with Crippen molar-refractivity contribution in [1.82, 2.24) is 4.31 Å². The highest BCUT2D eigenvalue weighted by Crippen LogP contribution is 2.33. The number of rotatable bonds is 4. The predicted molar refractivity (Wildman–Crippen MR) is 71.6 cm³/mol. The number of halogens is 1. The summed E-state index contributed by atoms with van der Waals surface area (Å²) in [5.41, 5.74) is 0.845. The Labute approximate surface area is 108 Å². The van der Waals surface area contributed by atoms with Gasteiger partial charge in [0.1, 0.15) is 0 Å². The number of hydrogen-bond acceptors (Lipinski definition) is 2. The molecule has 1 rings (SSSR count). The van der Waals surface area contributed by atoms with Crippen LogP contribution in [0.4, 0.5) is 0 Å². The van der Waals surface area contributed by atoms with Crippen LogP contribution in [0.3, 0.4) is 0 Å². The van der Waals surface area contributed by atoms with Gasteiger partial charge in [-0.15, -0.1) is 0 Å². The minimum atomic E-state index is -3.24. The van der Waals surface area contributed by atoms with E-state index in [-0.39, 0.29) is 12.0 Å². The molecule has 1 aromatic rings. The average molecular weight is 276 g/mol. The molecular formula is C12H18ClNO2S. The zero-order chi connectivity index (χ0) is 13.2. The number of nitrogens with zero attached hydrogens (tertiary/aromatic N) is 1. The van der Waals surface area contributed by atoms with Crippen molar-refractivity contribution in [3.63, 3.8) is 0 Å². The first-order valence-electron chi connectivity index (χ1n) is 5.42. The van der Waals surface area contributed by atoms with Crippen molar-refractivity contribution in [2.75, 3.05) is 13.3 Å². The van der Waals surface area contributed by atoms with E-state index >= 15 is 0 Å². The van der Waals surface area contributed by atoms with Crippen LogP contribution in [0.15, 0.2) is 24.3 Å². The molecule has 0 fully saturated rings. The van der Waals surface area contributed by atoms with Crippen LogP contribution in [0.2, 0.25) is 5.02 Å². The van der Waals surface area contributed by atoms with Crippen molar-refractivity contribution in [2.24, 2.45) is 5.92 Å². The van der Waals surface area contributed by atoms with Gasteiger partial charge < -0.3 is 0 Å². The van der Waals surface area contributed by atoms with Gasteiger partial charge in [0.05, 0.1) is 12.3 Å². The van der Waals surface area contributed by atoms with Gasteiger partial charge in [0.15, 0.2) is 0 Å². The Kier molecular flexibility index (Phi) is 4.58. The summed E-state index contributed by atoms with van der Waals surface area (Å²) >= 11 is 6.14. The monoisotopic (exact) mass is 275 g/mol. The Morgan fingerprint density at radius 3 is 2.18 bits per heavy atom. The molecule has 0 saturated carbocycles. The third-order valence-corrected chi connectivity index (χ3v) is 4.39. The summed E-state index contributed by atoms with van der Waals surface area (Å²) in [6.07, 6.45) is 1.21. The van der Waals surface area contributed by atoms with Gasteiger partial charge >= 0.3 is 0 Å². The summed E-state index contributed by atoms with van der Waals surface area (Å²) in [6, 6.07) is 7.12. The fourth-order valence-corrected chi connectivity index (χ4v) is 2.91. The second kappa shape index (κ2) is 5.38. The van der Waals surface area contributed by atoms with E-state index < -0.39 is 10.0 Å². The smallest absolute Gasteiger partial charge is 0.211 e. The summed E-state index contributed by atoms with van der Waals surface area (Å²) in [5, 5.41) is 0.599. The highest BCUT2D eigenvalue weighted by molar-refractivity contribution is 7.88. The molecule has 0 N–H and O–H groups in total. The lowest BCUT2D eigenvalue weighted by Crippen LogP contribution is -2.33. The Bertz CT molecular complexity index is 485. The first kappa shape index (κ1) is 14.5. The minimum Gasteiger partial charge on any atom is -0.212 e. The van der Waals surface area contributed by atoms with Crippen molar-refractivity contribution in [1.29, 1.82) is 0 Å². The number of benzene rings is 1. The van der Waals surface area contributed by atoms with E-state index in [1.54, 1.807) is 13.1 Å². The molecule has 96 valence electrons. The summed E-state index contributed by atoms with van der Waals surface area (Å²) < 4.78 is 24.7. The molecular weight excluding hydrogens is 258 g/mol. The highest BCUT2D eigenvalue weighted by atomic mass is 35.5. The van der Waals surface area contributed by atoms with Crippen molar-refractivity contribution in [3.05, 3.63) is 34.9 Å². The lowest BCUT2D eigenvalue weighted by atomic mass is 9.96. The van der Waals surface area contributed by atoms with Crippen LogP contribution in [-0.2, 0) is 10.0 Å². The van der Waals surface area contributed by atoms with Crippen LogP contribution in [0.1, 0.15) is 25.5 Å². The van der Waals surface area contributed by atoms with Crippen LogP contribution < -0.4 is 0 Å². The van der Waals surface area contributed by atoms with E-state index in [4.69, 9.17) is 11.6 Å². The SMILES string of the molecule is CC(C)[C@H](c1ccccc1Cl)N(C)S(C)(=O)=O. The second-order valence-electron chi connectivity index (χ2n) is 4.49. The summed E-state index contributed by atoms with van der Waals surface area (Å²) in [6.45, 7) is 3.96. The van der Waals surface area contributed by atoms with E-state index in [9.17, 15) is 8.42 Å². The maximum absolute atomic E-state index is 11.6. The third-order valence-electron chi connectivity index (χ3n) is 2.77. The average Bonchev–Trinajstić information content (AvgIpc) is 2.19. The van der Waals surface area contributed by atoms with E-state index in [0.29, 0.717) is 5.02 Å². The molecule has 17 heavy (non-hydrogen) atoms. The van der Waals surface area contributed by atoms with Crippen LogP contribution in [0.5, 0.6) is 0 Å². The molecule has 0 heterocycles. The summed E-state index contributed by atoms with van der Waals surface area (Å²) in [5.74, 6) is 0.148. The second-order valence-corrected chi connectivity index (χ2v) is 6.94. The van der Waals surface area contributed by atoms with Crippen molar-refractivity contribution in [2.45, 2.75) is 19.9 Å². The highest BCUT2D eigenvalue weighted by Gasteiger charge is 2.28. The van der Waals surface area contributed by atoms with Gasteiger partial charge in [-0.3, -0.25) is 0 Å². The molecule has 0 aromatic heterocycles. The molecule has 0 aliphatic heterocycles. The van der Waals surface area contributed by atoms with Crippen LogP contribution in [0.25, 0.3) is 0 Å². The zero-order valence-corrected chi connectivity index (χ0v) is 12.1. The lowest BCUT2D eigenvalue weighted by Gasteiger charge is -2.30. The molecule has 0 aliphatic rings.